The third kappa shape index (κ3) is 7.51. The molecule has 0 aliphatic rings. The molecule has 0 N–H and O–H groups in total. The van der Waals surface area contributed by atoms with E-state index in [-0.39, 0.29) is 16.9 Å². The number of hydrogen-bond acceptors (Lipinski definition) is 1. The molecule has 0 saturated carbocycles. The molecular weight excluding hydrogens is 579 g/mol. The summed E-state index contributed by atoms with van der Waals surface area (Å²) in [4.78, 5) is 0. The predicted octanol–water partition coefficient (Wildman–Crippen LogP) is 11.7. The summed E-state index contributed by atoms with van der Waals surface area (Å²) < 4.78 is 79.4. The molecular formula is C39H33F5O. The number of rotatable bonds is 11. The van der Waals surface area contributed by atoms with Gasteiger partial charge in [0.2, 0.25) is 0 Å². The first-order valence-electron chi connectivity index (χ1n) is 14.9. The van der Waals surface area contributed by atoms with E-state index in [4.69, 9.17) is 4.74 Å². The Balaban J connectivity index is 1.28. The summed E-state index contributed by atoms with van der Waals surface area (Å²) in [5.41, 5.74) is 3.91. The third-order valence-electron chi connectivity index (χ3n) is 7.69. The van der Waals surface area contributed by atoms with Crippen molar-refractivity contribution in [3.8, 4) is 39.1 Å². The van der Waals surface area contributed by atoms with E-state index >= 15 is 13.2 Å². The first-order valence-corrected chi connectivity index (χ1v) is 14.9. The third-order valence-corrected chi connectivity index (χ3v) is 7.69. The monoisotopic (exact) mass is 612 g/mol. The maximum atomic E-state index is 15.2. The van der Waals surface area contributed by atoms with Crippen molar-refractivity contribution in [3.05, 3.63) is 149 Å². The van der Waals surface area contributed by atoms with Crippen LogP contribution in [-0.2, 0) is 19.0 Å². The number of ether oxygens (including phenoxy) is 1. The molecule has 0 aliphatic heterocycles. The largest absolute Gasteiger partial charge is 0.429 e. The standard InChI is InChI=1S/C39H33F5O/c1-3-5-6-8-26-9-11-27(12-10-26)30-17-21-34(37(41)23-30)28-15-18-32(19-16-28)39(43,44)45-33-20-22-35(38(42)25-33)31-14-13-29(7-4-2)36(40)24-31/h3,5,9-25H,4,6-8H2,1-2H3/b5-3+. The fourth-order valence-electron chi connectivity index (χ4n) is 5.24. The molecule has 0 spiro atoms. The van der Waals surface area contributed by atoms with Crippen LogP contribution in [0, 0.1) is 17.5 Å². The molecule has 0 heterocycles. The van der Waals surface area contributed by atoms with Crippen LogP contribution < -0.4 is 4.74 Å². The molecule has 0 fully saturated rings. The molecule has 5 rings (SSSR count). The molecule has 0 amide bonds. The van der Waals surface area contributed by atoms with Gasteiger partial charge < -0.3 is 4.74 Å². The molecule has 0 radical (unpaired) electrons. The maximum Gasteiger partial charge on any atom is 0.426 e. The minimum absolute atomic E-state index is 0.0714. The summed E-state index contributed by atoms with van der Waals surface area (Å²) in [5.74, 6) is -2.13. The van der Waals surface area contributed by atoms with E-state index in [1.54, 1.807) is 24.3 Å². The Morgan fingerprint density at radius 3 is 1.87 bits per heavy atom. The fourth-order valence-corrected chi connectivity index (χ4v) is 5.24. The molecule has 0 saturated heterocycles. The zero-order chi connectivity index (χ0) is 32.0. The molecule has 5 aromatic carbocycles. The van der Waals surface area contributed by atoms with Gasteiger partial charge in [-0.3, -0.25) is 0 Å². The maximum absolute atomic E-state index is 15.2. The fraction of sp³-hybridized carbons (Fsp3) is 0.179. The summed E-state index contributed by atoms with van der Waals surface area (Å²) in [7, 11) is 0. The quantitative estimate of drug-likeness (QED) is 0.107. The van der Waals surface area contributed by atoms with E-state index in [0.717, 1.165) is 43.0 Å². The van der Waals surface area contributed by atoms with Crippen LogP contribution in [-0.4, -0.2) is 0 Å². The summed E-state index contributed by atoms with van der Waals surface area (Å²) in [6, 6.07) is 25.7. The van der Waals surface area contributed by atoms with E-state index in [2.05, 4.69) is 6.08 Å². The lowest BCUT2D eigenvalue weighted by molar-refractivity contribution is -0.185. The molecule has 0 aliphatic carbocycles. The Kier molecular flexibility index (Phi) is 9.82. The second-order valence-electron chi connectivity index (χ2n) is 10.9. The average Bonchev–Trinajstić information content (AvgIpc) is 3.02. The zero-order valence-electron chi connectivity index (χ0n) is 25.1. The number of aryl methyl sites for hydroxylation is 2. The van der Waals surface area contributed by atoms with Crippen molar-refractivity contribution in [2.75, 3.05) is 0 Å². The molecule has 0 aromatic heterocycles. The summed E-state index contributed by atoms with van der Waals surface area (Å²) >= 11 is 0. The van der Waals surface area contributed by atoms with E-state index in [1.807, 2.05) is 44.2 Å². The van der Waals surface area contributed by atoms with Gasteiger partial charge in [0.1, 0.15) is 23.2 Å². The van der Waals surface area contributed by atoms with Gasteiger partial charge in [-0.2, -0.15) is 8.78 Å². The highest BCUT2D eigenvalue weighted by Gasteiger charge is 2.35. The van der Waals surface area contributed by atoms with Crippen LogP contribution >= 0.6 is 0 Å². The Bertz CT molecular complexity index is 1790. The van der Waals surface area contributed by atoms with Gasteiger partial charge in [0.05, 0.1) is 5.56 Å². The lowest BCUT2D eigenvalue weighted by Gasteiger charge is -2.19. The molecule has 45 heavy (non-hydrogen) atoms. The van der Waals surface area contributed by atoms with Gasteiger partial charge in [0.15, 0.2) is 0 Å². The van der Waals surface area contributed by atoms with E-state index in [0.29, 0.717) is 28.7 Å². The topological polar surface area (TPSA) is 9.23 Å². The van der Waals surface area contributed by atoms with Crippen LogP contribution in [0.3, 0.4) is 0 Å². The SMILES string of the molecule is C/C=C/CCc1ccc(-c2ccc(-c3ccc(C(F)(F)Oc4ccc(-c5ccc(CCC)c(F)c5)c(F)c4)cc3)c(F)c2)cc1. The van der Waals surface area contributed by atoms with Crippen LogP contribution in [0.5, 0.6) is 5.75 Å². The van der Waals surface area contributed by atoms with Gasteiger partial charge in [0, 0.05) is 17.2 Å². The van der Waals surface area contributed by atoms with Gasteiger partial charge in [-0.15, -0.1) is 0 Å². The van der Waals surface area contributed by atoms with Crippen molar-refractivity contribution < 1.29 is 26.7 Å². The van der Waals surface area contributed by atoms with Crippen molar-refractivity contribution in [1.82, 2.24) is 0 Å². The second-order valence-corrected chi connectivity index (χ2v) is 10.9. The Morgan fingerprint density at radius 2 is 1.22 bits per heavy atom. The molecule has 6 heteroatoms. The minimum Gasteiger partial charge on any atom is -0.429 e. The Morgan fingerprint density at radius 1 is 0.622 bits per heavy atom. The van der Waals surface area contributed by atoms with Gasteiger partial charge in [-0.05, 0) is 96.0 Å². The summed E-state index contributed by atoms with van der Waals surface area (Å²) in [5, 5.41) is 0. The number of halogens is 5. The molecule has 0 unspecified atom stereocenters. The highest BCUT2D eigenvalue weighted by atomic mass is 19.3. The summed E-state index contributed by atoms with van der Waals surface area (Å²) in [6.45, 7) is 3.92. The molecule has 1 nitrogen and oxygen atoms in total. The normalized spacial score (nSPS) is 11.7. The van der Waals surface area contributed by atoms with E-state index in [9.17, 15) is 8.78 Å². The van der Waals surface area contributed by atoms with Crippen LogP contribution in [0.4, 0.5) is 22.0 Å². The van der Waals surface area contributed by atoms with Crippen molar-refractivity contribution in [2.24, 2.45) is 0 Å². The first-order chi connectivity index (χ1) is 21.7. The van der Waals surface area contributed by atoms with Crippen LogP contribution in [0.2, 0.25) is 0 Å². The Labute approximate surface area is 260 Å². The molecule has 5 aromatic rings. The predicted molar refractivity (Wildman–Crippen MR) is 171 cm³/mol. The smallest absolute Gasteiger partial charge is 0.426 e. The van der Waals surface area contributed by atoms with Crippen molar-refractivity contribution in [2.45, 2.75) is 45.6 Å². The lowest BCUT2D eigenvalue weighted by atomic mass is 9.97. The highest BCUT2D eigenvalue weighted by molar-refractivity contribution is 5.71. The lowest BCUT2D eigenvalue weighted by Crippen LogP contribution is -2.21. The van der Waals surface area contributed by atoms with Gasteiger partial charge >= 0.3 is 6.11 Å². The second kappa shape index (κ2) is 13.9. The number of alkyl halides is 2. The molecule has 0 atom stereocenters. The minimum atomic E-state index is -3.79. The zero-order valence-corrected chi connectivity index (χ0v) is 25.1. The average molecular weight is 613 g/mol. The van der Waals surface area contributed by atoms with Gasteiger partial charge in [-0.1, -0.05) is 86.2 Å². The van der Waals surface area contributed by atoms with E-state index in [1.165, 1.54) is 42.0 Å². The van der Waals surface area contributed by atoms with Crippen molar-refractivity contribution >= 4 is 0 Å². The van der Waals surface area contributed by atoms with E-state index < -0.39 is 29.1 Å². The van der Waals surface area contributed by atoms with Gasteiger partial charge in [0.25, 0.3) is 0 Å². The Hall–Kier alpha value is -4.71. The van der Waals surface area contributed by atoms with Crippen molar-refractivity contribution in [3.63, 3.8) is 0 Å². The van der Waals surface area contributed by atoms with Crippen LogP contribution in [0.1, 0.15) is 43.4 Å². The van der Waals surface area contributed by atoms with Crippen molar-refractivity contribution in [1.29, 1.82) is 0 Å². The van der Waals surface area contributed by atoms with Gasteiger partial charge in [-0.25, -0.2) is 13.2 Å². The highest BCUT2D eigenvalue weighted by Crippen LogP contribution is 2.36. The number of benzene rings is 5. The number of allylic oxidation sites excluding steroid dienone is 2. The first kappa shape index (κ1) is 31.7. The molecule has 230 valence electrons. The summed E-state index contributed by atoms with van der Waals surface area (Å²) in [6.07, 6.45) is 3.56. The van der Waals surface area contributed by atoms with Crippen LogP contribution in [0.15, 0.2) is 115 Å². The van der Waals surface area contributed by atoms with Crippen LogP contribution in [0.25, 0.3) is 33.4 Å². The molecule has 0 bridgehead atoms. The number of hydrogen-bond donors (Lipinski definition) is 0.